The fraction of sp³-hybridized carbons (Fsp3) is 0.267. The van der Waals surface area contributed by atoms with Crippen molar-refractivity contribution >= 4 is 22.9 Å². The summed E-state index contributed by atoms with van der Waals surface area (Å²) < 4.78 is 0. The smallest absolute Gasteiger partial charge is 0.220 e. The number of nitrogen functional groups attached to an aromatic ring is 1. The number of thiophene rings is 1. The van der Waals surface area contributed by atoms with Crippen molar-refractivity contribution in [3.63, 3.8) is 0 Å². The summed E-state index contributed by atoms with van der Waals surface area (Å²) in [5.41, 5.74) is 8.89. The van der Waals surface area contributed by atoms with Crippen LogP contribution in [0.5, 0.6) is 0 Å². The molecule has 0 aliphatic carbocycles. The maximum atomic E-state index is 11.9. The lowest BCUT2D eigenvalue weighted by atomic mass is 9.93. The summed E-state index contributed by atoms with van der Waals surface area (Å²) in [5.74, 6) is 0.124. The summed E-state index contributed by atoms with van der Waals surface area (Å²) in [6, 6.07) is 10.00. The number of carbonyl (C=O) groups is 1. The van der Waals surface area contributed by atoms with Crippen LogP contribution in [0.3, 0.4) is 0 Å². The number of hydrogen-bond donors (Lipinski definition) is 1. The third kappa shape index (κ3) is 2.12. The summed E-state index contributed by atoms with van der Waals surface area (Å²) in [6.45, 7) is 2.43. The van der Waals surface area contributed by atoms with E-state index in [2.05, 4.69) is 11.4 Å². The van der Waals surface area contributed by atoms with Crippen LogP contribution >= 0.6 is 11.3 Å². The molecule has 1 aliphatic heterocycles. The maximum absolute atomic E-state index is 11.9. The number of nitrogens with zero attached hydrogens (tertiary/aromatic N) is 1. The van der Waals surface area contributed by atoms with E-state index < -0.39 is 0 Å². The zero-order valence-corrected chi connectivity index (χ0v) is 11.6. The van der Waals surface area contributed by atoms with Crippen LogP contribution in [0.2, 0.25) is 0 Å². The lowest BCUT2D eigenvalue weighted by Crippen LogP contribution is -2.38. The molecule has 3 rings (SSSR count). The number of carbonyl (C=O) groups excluding carboxylic acids is 1. The molecule has 0 spiro atoms. The van der Waals surface area contributed by atoms with Gasteiger partial charge in [-0.25, -0.2) is 0 Å². The molecule has 0 fully saturated rings. The van der Waals surface area contributed by atoms with Gasteiger partial charge in [0.1, 0.15) is 0 Å². The molecule has 0 unspecified atom stereocenters. The van der Waals surface area contributed by atoms with Gasteiger partial charge >= 0.3 is 0 Å². The molecule has 19 heavy (non-hydrogen) atoms. The number of benzene rings is 1. The van der Waals surface area contributed by atoms with E-state index in [4.69, 9.17) is 5.73 Å². The highest BCUT2D eigenvalue weighted by Crippen LogP contribution is 2.37. The summed E-state index contributed by atoms with van der Waals surface area (Å²) >= 11 is 1.78. The monoisotopic (exact) mass is 272 g/mol. The second kappa shape index (κ2) is 4.70. The number of anilines is 1. The topological polar surface area (TPSA) is 46.3 Å². The molecule has 1 aliphatic rings. The van der Waals surface area contributed by atoms with E-state index in [1.807, 2.05) is 29.2 Å². The molecule has 0 bridgehead atoms. The van der Waals surface area contributed by atoms with Crippen molar-refractivity contribution in [1.29, 1.82) is 0 Å². The van der Waals surface area contributed by atoms with Gasteiger partial charge in [-0.05, 0) is 41.1 Å². The molecule has 1 aromatic heterocycles. The Kier molecular flexibility index (Phi) is 3.03. The molecular weight excluding hydrogens is 256 g/mol. The molecule has 1 atom stereocenters. The Morgan fingerprint density at radius 2 is 2.05 bits per heavy atom. The minimum Gasteiger partial charge on any atom is -0.399 e. The zero-order chi connectivity index (χ0) is 13.4. The minimum absolute atomic E-state index is 0.0353. The summed E-state index contributed by atoms with van der Waals surface area (Å²) in [6.07, 6.45) is 0.956. The van der Waals surface area contributed by atoms with Gasteiger partial charge in [-0.3, -0.25) is 4.79 Å². The van der Waals surface area contributed by atoms with Gasteiger partial charge in [0.2, 0.25) is 5.91 Å². The largest absolute Gasteiger partial charge is 0.399 e. The van der Waals surface area contributed by atoms with E-state index in [-0.39, 0.29) is 11.9 Å². The molecule has 0 saturated carbocycles. The van der Waals surface area contributed by atoms with Crippen molar-refractivity contribution < 1.29 is 4.79 Å². The third-order valence-electron chi connectivity index (χ3n) is 3.62. The van der Waals surface area contributed by atoms with Crippen LogP contribution in [-0.4, -0.2) is 17.4 Å². The summed E-state index contributed by atoms with van der Waals surface area (Å²) in [5, 5.41) is 2.11. The quantitative estimate of drug-likeness (QED) is 0.811. The molecule has 1 amide bonds. The summed E-state index contributed by atoms with van der Waals surface area (Å²) in [7, 11) is 0. The molecule has 0 saturated heterocycles. The second-order valence-corrected chi connectivity index (χ2v) is 5.83. The lowest BCUT2D eigenvalue weighted by Gasteiger charge is -2.35. The fourth-order valence-electron chi connectivity index (χ4n) is 2.69. The average Bonchev–Trinajstić information content (AvgIpc) is 2.86. The predicted molar refractivity (Wildman–Crippen MR) is 78.1 cm³/mol. The van der Waals surface area contributed by atoms with E-state index in [0.717, 1.165) is 24.2 Å². The Hall–Kier alpha value is -1.81. The Bertz CT molecular complexity index is 603. The first-order valence-corrected chi connectivity index (χ1v) is 7.23. The van der Waals surface area contributed by atoms with Gasteiger partial charge < -0.3 is 10.6 Å². The van der Waals surface area contributed by atoms with Crippen LogP contribution in [0.1, 0.15) is 29.0 Å². The highest BCUT2D eigenvalue weighted by molar-refractivity contribution is 7.10. The van der Waals surface area contributed by atoms with Gasteiger partial charge in [0.15, 0.2) is 0 Å². The van der Waals surface area contributed by atoms with Gasteiger partial charge in [0.05, 0.1) is 6.04 Å². The van der Waals surface area contributed by atoms with E-state index >= 15 is 0 Å². The first-order chi connectivity index (χ1) is 9.16. The van der Waals surface area contributed by atoms with Crippen LogP contribution in [0.4, 0.5) is 5.69 Å². The van der Waals surface area contributed by atoms with Gasteiger partial charge in [0, 0.05) is 24.0 Å². The van der Waals surface area contributed by atoms with Gasteiger partial charge in [-0.15, -0.1) is 11.3 Å². The molecular formula is C15H16N2OS. The first kappa shape index (κ1) is 12.2. The number of rotatable bonds is 1. The van der Waals surface area contributed by atoms with Gasteiger partial charge in [-0.1, -0.05) is 12.1 Å². The van der Waals surface area contributed by atoms with Crippen LogP contribution in [0.25, 0.3) is 0 Å². The molecule has 98 valence electrons. The van der Waals surface area contributed by atoms with Gasteiger partial charge in [-0.2, -0.15) is 0 Å². The molecule has 1 aromatic carbocycles. The number of nitrogens with two attached hydrogens (primary N) is 1. The van der Waals surface area contributed by atoms with E-state index in [1.54, 1.807) is 18.3 Å². The lowest BCUT2D eigenvalue weighted by molar-refractivity contribution is -0.130. The molecule has 3 nitrogen and oxygen atoms in total. The Morgan fingerprint density at radius 3 is 2.74 bits per heavy atom. The Morgan fingerprint density at radius 1 is 1.32 bits per heavy atom. The molecule has 4 heteroatoms. The molecule has 2 aromatic rings. The van der Waals surface area contributed by atoms with Crippen molar-refractivity contribution in [3.05, 3.63) is 51.7 Å². The zero-order valence-electron chi connectivity index (χ0n) is 10.8. The number of amides is 1. The van der Waals surface area contributed by atoms with Crippen molar-refractivity contribution in [2.75, 3.05) is 12.3 Å². The third-order valence-corrected chi connectivity index (χ3v) is 4.62. The van der Waals surface area contributed by atoms with E-state index in [0.29, 0.717) is 0 Å². The standard InChI is InChI=1S/C15H16N2OS/c1-10(18)17-8-6-14-13(7-9-19-14)15(17)11-2-4-12(16)5-3-11/h2-5,7,9,15H,6,8,16H2,1H3/t15-/m1/s1. The van der Waals surface area contributed by atoms with Crippen molar-refractivity contribution in [1.82, 2.24) is 4.90 Å². The minimum atomic E-state index is 0.0353. The van der Waals surface area contributed by atoms with Crippen LogP contribution in [-0.2, 0) is 11.2 Å². The normalized spacial score (nSPS) is 18.2. The van der Waals surface area contributed by atoms with Crippen molar-refractivity contribution in [2.45, 2.75) is 19.4 Å². The van der Waals surface area contributed by atoms with Crippen molar-refractivity contribution in [2.24, 2.45) is 0 Å². The number of fused-ring (bicyclic) bond motifs is 1. The fourth-order valence-corrected chi connectivity index (χ4v) is 3.60. The second-order valence-electron chi connectivity index (χ2n) is 4.83. The van der Waals surface area contributed by atoms with Crippen LogP contribution in [0, 0.1) is 0 Å². The van der Waals surface area contributed by atoms with Crippen LogP contribution < -0.4 is 5.73 Å². The average molecular weight is 272 g/mol. The maximum Gasteiger partial charge on any atom is 0.220 e. The predicted octanol–water partition coefficient (Wildman–Crippen LogP) is 2.82. The van der Waals surface area contributed by atoms with Crippen LogP contribution in [0.15, 0.2) is 35.7 Å². The Labute approximate surface area is 116 Å². The highest BCUT2D eigenvalue weighted by Gasteiger charge is 2.30. The SMILES string of the molecule is CC(=O)N1CCc2sccc2[C@H]1c1ccc(N)cc1. The van der Waals surface area contributed by atoms with E-state index in [9.17, 15) is 4.79 Å². The molecule has 2 heterocycles. The highest BCUT2D eigenvalue weighted by atomic mass is 32.1. The van der Waals surface area contributed by atoms with E-state index in [1.165, 1.54) is 10.4 Å². The molecule has 0 radical (unpaired) electrons. The molecule has 2 N–H and O–H groups in total. The first-order valence-electron chi connectivity index (χ1n) is 6.35. The van der Waals surface area contributed by atoms with Gasteiger partial charge in [0.25, 0.3) is 0 Å². The summed E-state index contributed by atoms with van der Waals surface area (Å²) in [4.78, 5) is 15.2. The number of hydrogen-bond acceptors (Lipinski definition) is 3. The van der Waals surface area contributed by atoms with Crippen molar-refractivity contribution in [3.8, 4) is 0 Å². The Balaban J connectivity index is 2.08.